The van der Waals surface area contributed by atoms with Crippen LogP contribution in [0, 0.1) is 13.8 Å². The van der Waals surface area contributed by atoms with Crippen molar-refractivity contribution in [3.05, 3.63) is 38.8 Å². The van der Waals surface area contributed by atoms with Crippen molar-refractivity contribution in [1.82, 2.24) is 10.2 Å². The van der Waals surface area contributed by atoms with Gasteiger partial charge >= 0.3 is 5.97 Å². The van der Waals surface area contributed by atoms with Crippen LogP contribution in [0.25, 0.3) is 0 Å². The highest BCUT2D eigenvalue weighted by molar-refractivity contribution is 7.12. The fourth-order valence-electron chi connectivity index (χ4n) is 1.62. The van der Waals surface area contributed by atoms with Crippen molar-refractivity contribution in [1.29, 1.82) is 0 Å². The topological polar surface area (TPSA) is 66.0 Å². The van der Waals surface area contributed by atoms with E-state index in [4.69, 9.17) is 5.11 Å². The molecule has 0 atom stereocenters. The monoisotopic (exact) mass is 236 g/mol. The normalized spacial score (nSPS) is 10.6. The molecule has 2 aromatic heterocycles. The van der Waals surface area contributed by atoms with Gasteiger partial charge in [0, 0.05) is 17.7 Å². The van der Waals surface area contributed by atoms with Crippen molar-refractivity contribution in [2.24, 2.45) is 0 Å². The van der Waals surface area contributed by atoms with Crippen molar-refractivity contribution >= 4 is 17.3 Å². The fraction of sp³-hybridized carbons (Fsp3) is 0.273. The van der Waals surface area contributed by atoms with Crippen LogP contribution >= 0.6 is 11.3 Å². The van der Waals surface area contributed by atoms with Gasteiger partial charge in [0.15, 0.2) is 0 Å². The van der Waals surface area contributed by atoms with Crippen molar-refractivity contribution in [3.8, 4) is 0 Å². The van der Waals surface area contributed by atoms with Crippen LogP contribution in [-0.2, 0) is 6.42 Å². The number of rotatable bonds is 3. The minimum atomic E-state index is -0.864. The summed E-state index contributed by atoms with van der Waals surface area (Å²) in [6.07, 6.45) is 0.734. The highest BCUT2D eigenvalue weighted by Gasteiger charge is 2.11. The second kappa shape index (κ2) is 4.09. The first-order valence-corrected chi connectivity index (χ1v) is 5.77. The van der Waals surface area contributed by atoms with Gasteiger partial charge in [-0.15, -0.1) is 11.3 Å². The zero-order valence-electron chi connectivity index (χ0n) is 9.07. The predicted molar refractivity (Wildman–Crippen MR) is 62.1 cm³/mol. The third kappa shape index (κ3) is 1.99. The summed E-state index contributed by atoms with van der Waals surface area (Å²) in [7, 11) is 0. The maximum absolute atomic E-state index is 10.7. The summed E-state index contributed by atoms with van der Waals surface area (Å²) in [4.78, 5) is 11.1. The smallest absolute Gasteiger partial charge is 0.345 e. The average molecular weight is 236 g/mol. The van der Waals surface area contributed by atoms with Crippen molar-refractivity contribution in [2.45, 2.75) is 20.3 Å². The van der Waals surface area contributed by atoms with Crippen LogP contribution in [0.2, 0.25) is 0 Å². The van der Waals surface area contributed by atoms with Gasteiger partial charge in [-0.1, -0.05) is 0 Å². The Bertz CT molecular complexity index is 508. The van der Waals surface area contributed by atoms with Gasteiger partial charge in [-0.25, -0.2) is 4.79 Å². The minimum Gasteiger partial charge on any atom is -0.477 e. The molecular formula is C11H12N2O2S. The third-order valence-electron chi connectivity index (χ3n) is 2.53. The van der Waals surface area contributed by atoms with Crippen LogP contribution < -0.4 is 0 Å². The first-order valence-electron chi connectivity index (χ1n) is 4.89. The Morgan fingerprint density at radius 2 is 2.31 bits per heavy atom. The molecule has 0 bridgehead atoms. The average Bonchev–Trinajstić information content (AvgIpc) is 2.80. The molecule has 0 saturated heterocycles. The van der Waals surface area contributed by atoms with E-state index in [-0.39, 0.29) is 0 Å². The summed E-state index contributed by atoms with van der Waals surface area (Å²) in [5.74, 6) is -0.864. The maximum Gasteiger partial charge on any atom is 0.345 e. The molecule has 0 aliphatic heterocycles. The Morgan fingerprint density at radius 1 is 1.56 bits per heavy atom. The van der Waals surface area contributed by atoms with Crippen molar-refractivity contribution in [3.63, 3.8) is 0 Å². The Morgan fingerprint density at radius 3 is 2.81 bits per heavy atom. The molecule has 0 aliphatic carbocycles. The van der Waals surface area contributed by atoms with Gasteiger partial charge < -0.3 is 5.11 Å². The van der Waals surface area contributed by atoms with Crippen LogP contribution in [0.4, 0.5) is 0 Å². The second-order valence-electron chi connectivity index (χ2n) is 3.71. The summed E-state index contributed by atoms with van der Waals surface area (Å²) in [5, 5.41) is 17.7. The molecular weight excluding hydrogens is 224 g/mol. The number of aromatic carboxylic acids is 1. The number of carboxylic acids is 1. The van der Waals surface area contributed by atoms with Gasteiger partial charge in [-0.3, -0.25) is 5.10 Å². The largest absolute Gasteiger partial charge is 0.477 e. The Labute approximate surface area is 96.9 Å². The molecule has 2 heterocycles. The number of aryl methyl sites for hydroxylation is 2. The lowest BCUT2D eigenvalue weighted by molar-refractivity contribution is 0.0702. The van der Waals surface area contributed by atoms with Crippen molar-refractivity contribution < 1.29 is 9.90 Å². The first kappa shape index (κ1) is 10.9. The standard InChI is InChI=1S/C11H12N2O2S/c1-6-9(7(2)13-12-6)3-8-4-10(11(14)15)16-5-8/h4-5H,3H2,1-2H3,(H,12,13)(H,14,15). The molecule has 0 radical (unpaired) electrons. The van der Waals surface area contributed by atoms with Crippen molar-refractivity contribution in [2.75, 3.05) is 0 Å². The van der Waals surface area contributed by atoms with Gasteiger partial charge in [0.2, 0.25) is 0 Å². The summed E-state index contributed by atoms with van der Waals surface area (Å²) >= 11 is 1.26. The molecule has 2 rings (SSSR count). The van der Waals surface area contributed by atoms with E-state index < -0.39 is 5.97 Å². The number of thiophene rings is 1. The highest BCUT2D eigenvalue weighted by Crippen LogP contribution is 2.20. The van der Waals surface area contributed by atoms with E-state index in [1.54, 1.807) is 6.07 Å². The minimum absolute atomic E-state index is 0.383. The molecule has 0 unspecified atom stereocenters. The molecule has 0 aliphatic rings. The Hall–Kier alpha value is -1.62. The van der Waals surface area contributed by atoms with Gasteiger partial charge in [-0.2, -0.15) is 5.10 Å². The summed E-state index contributed by atoms with van der Waals surface area (Å²) in [6, 6.07) is 1.72. The number of aromatic amines is 1. The fourth-order valence-corrected chi connectivity index (χ4v) is 2.37. The molecule has 0 aromatic carbocycles. The summed E-state index contributed by atoms with van der Waals surface area (Å²) < 4.78 is 0. The molecule has 16 heavy (non-hydrogen) atoms. The number of aromatic nitrogens is 2. The molecule has 0 amide bonds. The van der Waals surface area contributed by atoms with Crippen LogP contribution in [0.1, 0.15) is 32.2 Å². The van der Waals surface area contributed by atoms with Gasteiger partial charge in [-0.05, 0) is 30.9 Å². The lowest BCUT2D eigenvalue weighted by Crippen LogP contribution is -1.92. The molecule has 84 valence electrons. The second-order valence-corrected chi connectivity index (χ2v) is 4.62. The highest BCUT2D eigenvalue weighted by atomic mass is 32.1. The van der Waals surface area contributed by atoms with Gasteiger partial charge in [0.25, 0.3) is 0 Å². The number of nitrogens with zero attached hydrogens (tertiary/aromatic N) is 1. The van der Waals surface area contributed by atoms with Crippen LogP contribution in [-0.4, -0.2) is 21.3 Å². The van der Waals surface area contributed by atoms with E-state index in [1.165, 1.54) is 11.3 Å². The van der Waals surface area contributed by atoms with E-state index in [2.05, 4.69) is 10.2 Å². The first-order chi connectivity index (χ1) is 7.58. The molecule has 5 heteroatoms. The van der Waals surface area contributed by atoms with Gasteiger partial charge in [0.1, 0.15) is 4.88 Å². The number of nitrogens with one attached hydrogen (secondary N) is 1. The molecule has 4 nitrogen and oxygen atoms in total. The van der Waals surface area contributed by atoms with E-state index in [0.717, 1.165) is 28.9 Å². The number of H-pyrrole nitrogens is 1. The Kier molecular flexibility index (Phi) is 2.78. The quantitative estimate of drug-likeness (QED) is 0.859. The number of carbonyl (C=O) groups is 1. The van der Waals surface area contributed by atoms with Gasteiger partial charge in [0.05, 0.1) is 5.69 Å². The zero-order valence-corrected chi connectivity index (χ0v) is 9.89. The molecule has 2 aromatic rings. The predicted octanol–water partition coefficient (Wildman–Crippen LogP) is 2.38. The Balaban J connectivity index is 2.24. The molecule has 0 fully saturated rings. The number of carboxylic acid groups (broad SMARTS) is 1. The van der Waals surface area contributed by atoms with Crippen LogP contribution in [0.3, 0.4) is 0 Å². The van der Waals surface area contributed by atoms with E-state index >= 15 is 0 Å². The van der Waals surface area contributed by atoms with E-state index in [1.807, 2.05) is 19.2 Å². The lowest BCUT2D eigenvalue weighted by Gasteiger charge is -1.97. The summed E-state index contributed by atoms with van der Waals surface area (Å²) in [6.45, 7) is 3.92. The maximum atomic E-state index is 10.7. The number of hydrogen-bond donors (Lipinski definition) is 2. The zero-order chi connectivity index (χ0) is 11.7. The SMILES string of the molecule is Cc1n[nH]c(C)c1Cc1csc(C(=O)O)c1. The molecule has 2 N–H and O–H groups in total. The van der Waals surface area contributed by atoms with Crippen LogP contribution in [0.5, 0.6) is 0 Å². The van der Waals surface area contributed by atoms with E-state index in [9.17, 15) is 4.79 Å². The lowest BCUT2D eigenvalue weighted by atomic mass is 10.1. The van der Waals surface area contributed by atoms with Crippen LogP contribution in [0.15, 0.2) is 11.4 Å². The summed E-state index contributed by atoms with van der Waals surface area (Å²) in [5.41, 5.74) is 4.19. The molecule has 0 spiro atoms. The number of hydrogen-bond acceptors (Lipinski definition) is 3. The van der Waals surface area contributed by atoms with E-state index in [0.29, 0.717) is 4.88 Å². The third-order valence-corrected chi connectivity index (χ3v) is 3.49. The molecule has 0 saturated carbocycles.